The topological polar surface area (TPSA) is 60.2 Å². The molecule has 0 aliphatic carbocycles. The van der Waals surface area contributed by atoms with E-state index in [2.05, 4.69) is 16.8 Å². The van der Waals surface area contributed by atoms with E-state index in [4.69, 9.17) is 10.2 Å². The van der Waals surface area contributed by atoms with Crippen molar-refractivity contribution in [3.05, 3.63) is 42.4 Å². The van der Waals surface area contributed by atoms with Gasteiger partial charge in [0.1, 0.15) is 5.76 Å². The average molecular weight is 248 g/mol. The maximum atomic E-state index is 5.92. The van der Waals surface area contributed by atoms with Crippen molar-refractivity contribution in [3.63, 3.8) is 0 Å². The van der Waals surface area contributed by atoms with Gasteiger partial charge in [-0.3, -0.25) is 4.90 Å². The zero-order valence-electron chi connectivity index (χ0n) is 10.9. The monoisotopic (exact) mass is 248 g/mol. The first kappa shape index (κ1) is 12.9. The number of aryl methyl sites for hydroxylation is 1. The van der Waals surface area contributed by atoms with Crippen molar-refractivity contribution in [1.82, 2.24) is 14.5 Å². The largest absolute Gasteiger partial charge is 0.468 e. The minimum Gasteiger partial charge on any atom is -0.468 e. The maximum Gasteiger partial charge on any atom is 0.117 e. The molecule has 0 radical (unpaired) electrons. The van der Waals surface area contributed by atoms with E-state index in [1.807, 2.05) is 29.9 Å². The molecule has 2 heterocycles. The van der Waals surface area contributed by atoms with Gasteiger partial charge in [0.25, 0.3) is 0 Å². The second-order valence-electron chi connectivity index (χ2n) is 4.32. The first-order valence-electron chi connectivity index (χ1n) is 6.19. The second kappa shape index (κ2) is 5.84. The average Bonchev–Trinajstić information content (AvgIpc) is 3.01. The quantitative estimate of drug-likeness (QED) is 0.842. The molecule has 2 rings (SSSR count). The molecule has 0 aliphatic heterocycles. The third kappa shape index (κ3) is 2.63. The summed E-state index contributed by atoms with van der Waals surface area (Å²) in [5, 5.41) is 0. The summed E-state index contributed by atoms with van der Waals surface area (Å²) in [6.45, 7) is 4.36. The second-order valence-corrected chi connectivity index (χ2v) is 4.32. The summed E-state index contributed by atoms with van der Waals surface area (Å²) in [5.74, 6) is 0.956. The highest BCUT2D eigenvalue weighted by Crippen LogP contribution is 2.21. The smallest absolute Gasteiger partial charge is 0.117 e. The molecule has 0 aromatic carbocycles. The highest BCUT2D eigenvalue weighted by molar-refractivity contribution is 5.07. The van der Waals surface area contributed by atoms with Crippen LogP contribution in [0.2, 0.25) is 0 Å². The lowest BCUT2D eigenvalue weighted by molar-refractivity contribution is 0.182. The lowest BCUT2D eigenvalue weighted by Gasteiger charge is -2.29. The number of imidazole rings is 1. The molecule has 2 N–H and O–H groups in total. The Labute approximate surface area is 107 Å². The van der Waals surface area contributed by atoms with Crippen LogP contribution in [0.5, 0.6) is 0 Å². The van der Waals surface area contributed by atoms with Crippen molar-refractivity contribution in [2.24, 2.45) is 12.8 Å². The van der Waals surface area contributed by atoms with Crippen molar-refractivity contribution in [1.29, 1.82) is 0 Å². The molecule has 5 heteroatoms. The molecule has 98 valence electrons. The minimum absolute atomic E-state index is 0.160. The maximum absolute atomic E-state index is 5.92. The summed E-state index contributed by atoms with van der Waals surface area (Å²) in [5.41, 5.74) is 7.06. The normalized spacial score (nSPS) is 13.1. The van der Waals surface area contributed by atoms with Gasteiger partial charge in [-0.25, -0.2) is 4.98 Å². The molecule has 18 heavy (non-hydrogen) atoms. The predicted molar refractivity (Wildman–Crippen MR) is 69.8 cm³/mol. The zero-order valence-corrected chi connectivity index (χ0v) is 10.9. The van der Waals surface area contributed by atoms with Gasteiger partial charge in [0.05, 0.1) is 30.9 Å². The van der Waals surface area contributed by atoms with E-state index in [9.17, 15) is 0 Å². The molecule has 0 amide bonds. The van der Waals surface area contributed by atoms with Gasteiger partial charge >= 0.3 is 0 Å². The Morgan fingerprint density at radius 2 is 2.39 bits per heavy atom. The highest BCUT2D eigenvalue weighted by Gasteiger charge is 2.21. The highest BCUT2D eigenvalue weighted by atomic mass is 16.3. The molecule has 2 aromatic heterocycles. The Kier molecular flexibility index (Phi) is 4.17. The van der Waals surface area contributed by atoms with Gasteiger partial charge < -0.3 is 14.7 Å². The minimum atomic E-state index is 0.160. The van der Waals surface area contributed by atoms with Crippen molar-refractivity contribution in [2.45, 2.75) is 19.5 Å². The zero-order chi connectivity index (χ0) is 13.0. The van der Waals surface area contributed by atoms with Crippen molar-refractivity contribution in [3.8, 4) is 0 Å². The Bertz CT molecular complexity index is 463. The fraction of sp³-hybridized carbons (Fsp3) is 0.462. The van der Waals surface area contributed by atoms with Crippen LogP contribution in [0.1, 0.15) is 24.4 Å². The Morgan fingerprint density at radius 1 is 1.56 bits per heavy atom. The van der Waals surface area contributed by atoms with E-state index >= 15 is 0 Å². The van der Waals surface area contributed by atoms with Crippen LogP contribution in [-0.2, 0) is 13.6 Å². The van der Waals surface area contributed by atoms with Gasteiger partial charge in [-0.15, -0.1) is 0 Å². The Morgan fingerprint density at radius 3 is 2.89 bits per heavy atom. The lowest BCUT2D eigenvalue weighted by atomic mass is 10.1. The van der Waals surface area contributed by atoms with Crippen LogP contribution in [0.25, 0.3) is 0 Å². The van der Waals surface area contributed by atoms with Crippen molar-refractivity contribution >= 4 is 0 Å². The molecule has 1 unspecified atom stereocenters. The summed E-state index contributed by atoms with van der Waals surface area (Å²) < 4.78 is 7.42. The number of likely N-dealkylation sites (N-methyl/N-ethyl adjacent to an activating group) is 1. The molecule has 5 nitrogen and oxygen atoms in total. The van der Waals surface area contributed by atoms with Gasteiger partial charge in [-0.2, -0.15) is 0 Å². The summed E-state index contributed by atoms with van der Waals surface area (Å²) in [6.07, 6.45) is 5.38. The summed E-state index contributed by atoms with van der Waals surface area (Å²) in [6, 6.07) is 4.05. The van der Waals surface area contributed by atoms with E-state index in [1.165, 1.54) is 0 Å². The molecule has 0 bridgehead atoms. The van der Waals surface area contributed by atoms with Gasteiger partial charge in [0, 0.05) is 19.8 Å². The molecule has 0 aliphatic rings. The van der Waals surface area contributed by atoms with Crippen LogP contribution in [0, 0.1) is 0 Å². The fourth-order valence-corrected chi connectivity index (χ4v) is 2.19. The number of aromatic nitrogens is 2. The van der Waals surface area contributed by atoms with E-state index in [-0.39, 0.29) is 6.04 Å². The molecule has 0 saturated heterocycles. The summed E-state index contributed by atoms with van der Waals surface area (Å²) >= 11 is 0. The van der Waals surface area contributed by atoms with Crippen molar-refractivity contribution in [2.75, 3.05) is 13.1 Å². The van der Waals surface area contributed by atoms with Gasteiger partial charge in [-0.1, -0.05) is 6.92 Å². The SMILES string of the molecule is CCN(Cc1ccco1)C(CN)c1cncn1C. The van der Waals surface area contributed by atoms with E-state index in [0.717, 1.165) is 24.5 Å². The third-order valence-corrected chi connectivity index (χ3v) is 3.20. The number of hydrogen-bond acceptors (Lipinski definition) is 4. The van der Waals surface area contributed by atoms with Crippen LogP contribution < -0.4 is 5.73 Å². The Hall–Kier alpha value is -1.59. The molecule has 2 aromatic rings. The summed E-state index contributed by atoms with van der Waals surface area (Å²) in [4.78, 5) is 6.45. The lowest BCUT2D eigenvalue weighted by Crippen LogP contribution is -2.34. The number of furan rings is 1. The van der Waals surface area contributed by atoms with Crippen molar-refractivity contribution < 1.29 is 4.42 Å². The molecule has 0 fully saturated rings. The molecular weight excluding hydrogens is 228 g/mol. The number of nitrogens with zero attached hydrogens (tertiary/aromatic N) is 3. The number of rotatable bonds is 6. The standard InChI is InChI=1S/C13H20N4O/c1-3-17(9-11-5-4-6-18-11)12(7-14)13-8-15-10-16(13)2/h4-6,8,10,12H,3,7,9,14H2,1-2H3. The molecule has 1 atom stereocenters. The summed E-state index contributed by atoms with van der Waals surface area (Å²) in [7, 11) is 1.99. The fourth-order valence-electron chi connectivity index (χ4n) is 2.19. The molecule has 0 spiro atoms. The Balaban J connectivity index is 2.16. The first-order valence-corrected chi connectivity index (χ1v) is 6.19. The van der Waals surface area contributed by atoms with E-state index in [0.29, 0.717) is 6.54 Å². The number of nitrogens with two attached hydrogens (primary N) is 1. The van der Waals surface area contributed by atoms with Crippen LogP contribution in [0.15, 0.2) is 35.3 Å². The van der Waals surface area contributed by atoms with Gasteiger partial charge in [-0.05, 0) is 18.7 Å². The van der Waals surface area contributed by atoms with Crippen LogP contribution in [-0.4, -0.2) is 27.5 Å². The van der Waals surface area contributed by atoms with Crippen LogP contribution >= 0.6 is 0 Å². The van der Waals surface area contributed by atoms with E-state index in [1.54, 1.807) is 12.6 Å². The molecular formula is C13H20N4O. The molecule has 0 saturated carbocycles. The van der Waals surface area contributed by atoms with Crippen LogP contribution in [0.4, 0.5) is 0 Å². The first-order chi connectivity index (χ1) is 8.76. The third-order valence-electron chi connectivity index (χ3n) is 3.20. The van der Waals surface area contributed by atoms with Gasteiger partial charge in [0.15, 0.2) is 0 Å². The predicted octanol–water partition coefficient (Wildman–Crippen LogP) is 1.53. The van der Waals surface area contributed by atoms with Gasteiger partial charge in [0.2, 0.25) is 0 Å². The van der Waals surface area contributed by atoms with E-state index < -0.39 is 0 Å². The van der Waals surface area contributed by atoms with Crippen LogP contribution in [0.3, 0.4) is 0 Å². The number of hydrogen-bond donors (Lipinski definition) is 1.